The number of fused-ring (bicyclic) bond motifs is 2. The fourth-order valence-electron chi connectivity index (χ4n) is 3.99. The van der Waals surface area contributed by atoms with Gasteiger partial charge in [0.2, 0.25) is 0 Å². The molecule has 0 bridgehead atoms. The third-order valence-electron chi connectivity index (χ3n) is 5.02. The number of imidazole rings is 1. The van der Waals surface area contributed by atoms with Crippen molar-refractivity contribution in [2.24, 2.45) is 17.6 Å². The molecule has 122 valence electrons. The van der Waals surface area contributed by atoms with Crippen LogP contribution in [0.15, 0.2) is 24.5 Å². The molecule has 1 saturated heterocycles. The zero-order valence-corrected chi connectivity index (χ0v) is 14.4. The van der Waals surface area contributed by atoms with Crippen molar-refractivity contribution in [3.05, 3.63) is 35.8 Å². The van der Waals surface area contributed by atoms with Crippen molar-refractivity contribution in [1.29, 1.82) is 0 Å². The van der Waals surface area contributed by atoms with Gasteiger partial charge in [0.25, 0.3) is 0 Å². The summed E-state index contributed by atoms with van der Waals surface area (Å²) in [4.78, 5) is 7.25. The lowest BCUT2D eigenvalue weighted by molar-refractivity contribution is 0.295. The van der Waals surface area contributed by atoms with E-state index in [4.69, 9.17) is 10.7 Å². The molecule has 0 spiro atoms. The highest BCUT2D eigenvalue weighted by Crippen LogP contribution is 2.37. The summed E-state index contributed by atoms with van der Waals surface area (Å²) in [5.74, 6) is 1.54. The Balaban J connectivity index is 0.000000882. The number of halogens is 2. The summed E-state index contributed by atoms with van der Waals surface area (Å²) in [5.41, 5.74) is 9.69. The number of nitrogens with zero attached hydrogens (tertiary/aromatic N) is 3. The predicted octanol–water partition coefficient (Wildman–Crippen LogP) is 2.66. The molecule has 2 aromatic heterocycles. The topological polar surface area (TPSA) is 46.6 Å². The van der Waals surface area contributed by atoms with E-state index in [2.05, 4.69) is 40.8 Å². The standard InChI is InChI=1S/C16H22N4.2ClH/c1-11-2-5-16-18-13(9-20(16)6-11)8-19-7-12-3-4-15(17)14(12)10-19;;/h2,5-6,9,12,14-15H,3-4,7-8,10,17H2,1H3;2*1H. The molecule has 1 saturated carbocycles. The highest BCUT2D eigenvalue weighted by atomic mass is 35.5. The van der Waals surface area contributed by atoms with Gasteiger partial charge in [-0.3, -0.25) is 4.90 Å². The molecule has 1 aliphatic carbocycles. The van der Waals surface area contributed by atoms with Crippen molar-refractivity contribution >= 4 is 30.5 Å². The summed E-state index contributed by atoms with van der Waals surface area (Å²) >= 11 is 0. The van der Waals surface area contributed by atoms with Gasteiger partial charge in [-0.05, 0) is 43.2 Å². The van der Waals surface area contributed by atoms with E-state index in [0.717, 1.165) is 24.7 Å². The van der Waals surface area contributed by atoms with Crippen LogP contribution in [0.25, 0.3) is 5.65 Å². The Hall–Kier alpha value is -0.810. The first-order valence-corrected chi connectivity index (χ1v) is 7.61. The maximum Gasteiger partial charge on any atom is 0.137 e. The van der Waals surface area contributed by atoms with Crippen LogP contribution in [0.2, 0.25) is 0 Å². The van der Waals surface area contributed by atoms with Gasteiger partial charge in [-0.15, -0.1) is 24.8 Å². The number of hydrogen-bond acceptors (Lipinski definition) is 3. The molecular weight excluding hydrogens is 319 g/mol. The Bertz CT molecular complexity index is 642. The lowest BCUT2D eigenvalue weighted by Gasteiger charge is -2.16. The molecule has 2 aliphatic rings. The largest absolute Gasteiger partial charge is 0.327 e. The molecule has 4 nitrogen and oxygen atoms in total. The van der Waals surface area contributed by atoms with Gasteiger partial charge in [0.15, 0.2) is 0 Å². The van der Waals surface area contributed by atoms with Gasteiger partial charge in [-0.1, -0.05) is 6.07 Å². The number of aromatic nitrogens is 2. The summed E-state index contributed by atoms with van der Waals surface area (Å²) in [5, 5.41) is 0. The molecule has 3 unspecified atom stereocenters. The number of pyridine rings is 1. The van der Waals surface area contributed by atoms with Crippen molar-refractivity contribution in [3.8, 4) is 0 Å². The van der Waals surface area contributed by atoms with E-state index < -0.39 is 0 Å². The monoisotopic (exact) mass is 342 g/mol. The average Bonchev–Trinajstić information content (AvgIpc) is 3.06. The fourth-order valence-corrected chi connectivity index (χ4v) is 3.99. The Labute approximate surface area is 143 Å². The van der Waals surface area contributed by atoms with Gasteiger partial charge in [-0.2, -0.15) is 0 Å². The quantitative estimate of drug-likeness (QED) is 0.912. The molecule has 2 N–H and O–H groups in total. The third-order valence-corrected chi connectivity index (χ3v) is 5.02. The van der Waals surface area contributed by atoms with E-state index in [1.165, 1.54) is 30.6 Å². The van der Waals surface area contributed by atoms with Crippen molar-refractivity contribution in [3.63, 3.8) is 0 Å². The van der Waals surface area contributed by atoms with Gasteiger partial charge < -0.3 is 10.1 Å². The van der Waals surface area contributed by atoms with Crippen LogP contribution in [-0.4, -0.2) is 33.4 Å². The smallest absolute Gasteiger partial charge is 0.137 e. The normalized spacial score (nSPS) is 27.5. The minimum atomic E-state index is 0. The summed E-state index contributed by atoms with van der Waals surface area (Å²) < 4.78 is 2.13. The van der Waals surface area contributed by atoms with E-state index >= 15 is 0 Å². The second-order valence-corrected chi connectivity index (χ2v) is 6.56. The van der Waals surface area contributed by atoms with Crippen molar-refractivity contribution < 1.29 is 0 Å². The molecular formula is C16H24Cl2N4. The Morgan fingerprint density at radius 3 is 2.77 bits per heavy atom. The molecule has 3 heterocycles. The van der Waals surface area contributed by atoms with Crippen LogP contribution in [0.4, 0.5) is 0 Å². The lowest BCUT2D eigenvalue weighted by atomic mass is 9.98. The van der Waals surface area contributed by atoms with Crippen LogP contribution in [-0.2, 0) is 6.54 Å². The van der Waals surface area contributed by atoms with Crippen molar-refractivity contribution in [2.75, 3.05) is 13.1 Å². The Morgan fingerprint density at radius 1 is 1.18 bits per heavy atom. The van der Waals surface area contributed by atoms with Crippen molar-refractivity contribution in [2.45, 2.75) is 32.4 Å². The van der Waals surface area contributed by atoms with Gasteiger partial charge in [-0.25, -0.2) is 4.98 Å². The summed E-state index contributed by atoms with van der Waals surface area (Å²) in [6, 6.07) is 4.63. The SMILES string of the molecule is Cc1ccc2nc(CN3CC4CCC(N)C4C3)cn2c1.Cl.Cl. The van der Waals surface area contributed by atoms with Crippen LogP contribution in [0.1, 0.15) is 24.1 Å². The van der Waals surface area contributed by atoms with E-state index in [-0.39, 0.29) is 24.8 Å². The summed E-state index contributed by atoms with van der Waals surface area (Å²) in [6.07, 6.45) is 6.83. The molecule has 2 fully saturated rings. The van der Waals surface area contributed by atoms with E-state index in [1.54, 1.807) is 0 Å². The number of nitrogens with two attached hydrogens (primary N) is 1. The van der Waals surface area contributed by atoms with E-state index in [9.17, 15) is 0 Å². The molecule has 0 aromatic carbocycles. The first kappa shape index (κ1) is 17.5. The molecule has 2 aromatic rings. The van der Waals surface area contributed by atoms with E-state index in [1.807, 2.05) is 0 Å². The maximum absolute atomic E-state index is 6.21. The third kappa shape index (κ3) is 3.11. The summed E-state index contributed by atoms with van der Waals surface area (Å²) in [7, 11) is 0. The van der Waals surface area contributed by atoms with Gasteiger partial charge in [0.05, 0.1) is 5.69 Å². The average molecular weight is 343 g/mol. The lowest BCUT2D eigenvalue weighted by Crippen LogP contribution is -2.30. The zero-order valence-electron chi connectivity index (χ0n) is 12.8. The van der Waals surface area contributed by atoms with Crippen LogP contribution in [0.5, 0.6) is 0 Å². The van der Waals surface area contributed by atoms with E-state index in [0.29, 0.717) is 12.0 Å². The first-order chi connectivity index (χ1) is 9.69. The number of rotatable bonds is 2. The van der Waals surface area contributed by atoms with Gasteiger partial charge >= 0.3 is 0 Å². The van der Waals surface area contributed by atoms with Crippen LogP contribution in [0.3, 0.4) is 0 Å². The fraction of sp³-hybridized carbons (Fsp3) is 0.562. The summed E-state index contributed by atoms with van der Waals surface area (Å²) in [6.45, 7) is 5.42. The van der Waals surface area contributed by atoms with Gasteiger partial charge in [0.1, 0.15) is 5.65 Å². The van der Waals surface area contributed by atoms with Crippen molar-refractivity contribution in [1.82, 2.24) is 14.3 Å². The molecule has 1 aliphatic heterocycles. The highest BCUT2D eigenvalue weighted by Gasteiger charge is 2.40. The predicted molar refractivity (Wildman–Crippen MR) is 93.9 cm³/mol. The molecule has 6 heteroatoms. The van der Waals surface area contributed by atoms with Crippen LogP contribution in [0, 0.1) is 18.8 Å². The molecule has 0 radical (unpaired) electrons. The number of likely N-dealkylation sites (tertiary alicyclic amines) is 1. The Morgan fingerprint density at radius 2 is 2.00 bits per heavy atom. The minimum Gasteiger partial charge on any atom is -0.327 e. The minimum absolute atomic E-state index is 0. The second-order valence-electron chi connectivity index (χ2n) is 6.56. The highest BCUT2D eigenvalue weighted by molar-refractivity contribution is 5.85. The molecule has 0 amide bonds. The second kappa shape index (κ2) is 6.75. The first-order valence-electron chi connectivity index (χ1n) is 7.61. The van der Waals surface area contributed by atoms with Gasteiger partial charge in [0, 0.05) is 38.1 Å². The Kier molecular flexibility index (Phi) is 5.38. The number of aryl methyl sites for hydroxylation is 1. The molecule has 4 rings (SSSR count). The molecule has 22 heavy (non-hydrogen) atoms. The number of hydrogen-bond donors (Lipinski definition) is 1. The zero-order chi connectivity index (χ0) is 13.7. The van der Waals surface area contributed by atoms with Crippen LogP contribution >= 0.6 is 24.8 Å². The maximum atomic E-state index is 6.21. The molecule has 3 atom stereocenters. The van der Waals surface area contributed by atoms with Crippen LogP contribution < -0.4 is 5.73 Å².